The van der Waals surface area contributed by atoms with Gasteiger partial charge in [-0.1, -0.05) is 158 Å². The van der Waals surface area contributed by atoms with Gasteiger partial charge >= 0.3 is 0 Å². The van der Waals surface area contributed by atoms with Crippen molar-refractivity contribution in [2.75, 3.05) is 0 Å². The summed E-state index contributed by atoms with van der Waals surface area (Å²) < 4.78 is 6.64. The Morgan fingerprint density at radius 2 is 1.04 bits per heavy atom. The van der Waals surface area contributed by atoms with Crippen LogP contribution >= 0.6 is 0 Å². The number of nitrogens with two attached hydrogens (primary N) is 1. The molecule has 0 fully saturated rings. The van der Waals surface area contributed by atoms with Crippen molar-refractivity contribution in [3.05, 3.63) is 193 Å². The summed E-state index contributed by atoms with van der Waals surface area (Å²) in [5.74, 6) is 0.895. The third kappa shape index (κ3) is 6.16. The summed E-state index contributed by atoms with van der Waals surface area (Å²) in [4.78, 5) is 10.1. The van der Waals surface area contributed by atoms with Gasteiger partial charge in [0.1, 0.15) is 17.0 Å². The minimum Gasteiger partial charge on any atom is -0.455 e. The van der Waals surface area contributed by atoms with Gasteiger partial charge in [-0.05, 0) is 51.6 Å². The van der Waals surface area contributed by atoms with Crippen molar-refractivity contribution in [3.8, 4) is 33.4 Å². The number of benzene rings is 7. The molecule has 4 heteroatoms. The van der Waals surface area contributed by atoms with Gasteiger partial charge < -0.3 is 10.2 Å². The predicted molar refractivity (Wildman–Crippen MR) is 204 cm³/mol. The highest BCUT2D eigenvalue weighted by atomic mass is 16.3. The number of hydrogen-bond acceptors (Lipinski definition) is 2. The van der Waals surface area contributed by atoms with Crippen LogP contribution in [0.3, 0.4) is 0 Å². The first kappa shape index (κ1) is 29.9. The van der Waals surface area contributed by atoms with E-state index >= 15 is 0 Å². The van der Waals surface area contributed by atoms with Crippen LogP contribution in [0, 0.1) is 0 Å². The fraction of sp³-hybridized carbons (Fsp3) is 0.0222. The summed E-state index contributed by atoms with van der Waals surface area (Å²) in [6.45, 7) is 0.442. The molecular weight excluding hydrogens is 599 g/mol. The number of hydrogen-bond donors (Lipinski definition) is 1. The van der Waals surface area contributed by atoms with E-state index in [-0.39, 0.29) is 0 Å². The van der Waals surface area contributed by atoms with E-state index in [1.54, 1.807) is 0 Å². The molecule has 0 radical (unpaired) electrons. The maximum absolute atomic E-state index is 6.90. The van der Waals surface area contributed by atoms with E-state index < -0.39 is 0 Å². The molecule has 7 aromatic carbocycles. The van der Waals surface area contributed by atoms with Crippen LogP contribution < -0.4 is 5.73 Å². The van der Waals surface area contributed by atoms with Crippen LogP contribution in [0.5, 0.6) is 0 Å². The average Bonchev–Trinajstić information content (AvgIpc) is 3.57. The van der Waals surface area contributed by atoms with Gasteiger partial charge in [-0.3, -0.25) is 4.99 Å². The Hall–Kier alpha value is -6.52. The number of amidine groups is 2. The molecule has 0 bridgehead atoms. The van der Waals surface area contributed by atoms with Crippen LogP contribution in [0.1, 0.15) is 16.7 Å². The first-order chi connectivity index (χ1) is 24.2. The van der Waals surface area contributed by atoms with Crippen LogP contribution in [0.15, 0.2) is 190 Å². The molecule has 0 atom stereocenters. The second kappa shape index (κ2) is 13.3. The fourth-order valence-electron chi connectivity index (χ4n) is 6.35. The number of para-hydroxylation sites is 2. The first-order valence-corrected chi connectivity index (χ1v) is 16.4. The van der Waals surface area contributed by atoms with E-state index in [9.17, 15) is 0 Å². The molecule has 0 saturated heterocycles. The first-order valence-electron chi connectivity index (χ1n) is 16.4. The van der Waals surface area contributed by atoms with Crippen molar-refractivity contribution in [2.45, 2.75) is 6.54 Å². The molecule has 0 unspecified atom stereocenters. The molecule has 4 nitrogen and oxygen atoms in total. The molecule has 0 aliphatic rings. The Morgan fingerprint density at radius 1 is 0.490 bits per heavy atom. The molecule has 0 saturated carbocycles. The van der Waals surface area contributed by atoms with E-state index in [1.807, 2.05) is 66.7 Å². The minimum absolute atomic E-state index is 0.341. The monoisotopic (exact) mass is 631 g/mol. The molecule has 0 amide bonds. The third-order valence-corrected chi connectivity index (χ3v) is 8.78. The number of rotatable bonds is 7. The lowest BCUT2D eigenvalue weighted by molar-refractivity contribution is 0.669. The Bertz CT molecular complexity index is 2460. The smallest absolute Gasteiger partial charge is 0.157 e. The van der Waals surface area contributed by atoms with Crippen LogP contribution in [0.4, 0.5) is 0 Å². The lowest BCUT2D eigenvalue weighted by atomic mass is 10.0. The van der Waals surface area contributed by atoms with Gasteiger partial charge in [-0.15, -0.1) is 0 Å². The van der Waals surface area contributed by atoms with Crippen LogP contribution in [-0.4, -0.2) is 11.7 Å². The largest absolute Gasteiger partial charge is 0.455 e. The average molecular weight is 632 g/mol. The van der Waals surface area contributed by atoms with Crippen molar-refractivity contribution in [2.24, 2.45) is 15.7 Å². The summed E-state index contributed by atoms with van der Waals surface area (Å²) in [5, 5.41) is 2.03. The number of furan rings is 1. The normalized spacial score (nSPS) is 12.1. The number of nitrogens with zero attached hydrogens (tertiary/aromatic N) is 2. The van der Waals surface area contributed by atoms with Crippen LogP contribution in [-0.2, 0) is 6.54 Å². The topological polar surface area (TPSA) is 63.9 Å². The van der Waals surface area contributed by atoms with E-state index in [0.29, 0.717) is 23.8 Å². The van der Waals surface area contributed by atoms with E-state index in [1.165, 1.54) is 5.56 Å². The molecule has 8 aromatic rings. The van der Waals surface area contributed by atoms with Gasteiger partial charge in [0.15, 0.2) is 5.84 Å². The van der Waals surface area contributed by atoms with E-state index in [0.717, 1.165) is 60.9 Å². The van der Waals surface area contributed by atoms with Gasteiger partial charge in [-0.2, -0.15) is 0 Å². The molecule has 0 aliphatic heterocycles. The molecule has 0 aliphatic carbocycles. The maximum Gasteiger partial charge on any atom is 0.157 e. The lowest BCUT2D eigenvalue weighted by Crippen LogP contribution is -2.17. The Morgan fingerprint density at radius 3 is 1.73 bits per heavy atom. The number of fused-ring (bicyclic) bond motifs is 3. The molecule has 234 valence electrons. The van der Waals surface area contributed by atoms with Crippen molar-refractivity contribution < 1.29 is 4.42 Å². The highest BCUT2D eigenvalue weighted by molar-refractivity contribution is 6.19. The fourth-order valence-corrected chi connectivity index (χ4v) is 6.35. The zero-order valence-corrected chi connectivity index (χ0v) is 26.8. The standard InChI is InChI=1S/C45H33N3O/c46-44(41-27-13-26-40-39-25-12-24-38(42(39)49-43(40)41)34-19-8-3-9-20-34)48-45(37-23-11-22-36(29-37)33-17-6-2-7-18-33)47-30-31-14-10-21-35(28-31)32-15-4-1-5-16-32/h1-29H,30H2,(H2,46,47,48). The lowest BCUT2D eigenvalue weighted by Gasteiger charge is -2.09. The van der Waals surface area contributed by atoms with Gasteiger partial charge in [0.05, 0.1) is 12.1 Å². The van der Waals surface area contributed by atoms with Crippen molar-refractivity contribution in [3.63, 3.8) is 0 Å². The van der Waals surface area contributed by atoms with Gasteiger partial charge in [0, 0.05) is 21.9 Å². The molecular formula is C45H33N3O. The Kier molecular flexibility index (Phi) is 8.11. The van der Waals surface area contributed by atoms with Crippen molar-refractivity contribution in [1.82, 2.24) is 0 Å². The summed E-state index contributed by atoms with van der Waals surface area (Å²) >= 11 is 0. The number of aliphatic imine (C=N–C) groups is 2. The second-order valence-corrected chi connectivity index (χ2v) is 12.0. The van der Waals surface area contributed by atoms with E-state index in [2.05, 4.69) is 109 Å². The molecule has 8 rings (SSSR count). The van der Waals surface area contributed by atoms with Gasteiger partial charge in [0.25, 0.3) is 0 Å². The van der Waals surface area contributed by atoms with Crippen molar-refractivity contribution in [1.29, 1.82) is 0 Å². The van der Waals surface area contributed by atoms with Gasteiger partial charge in [0.2, 0.25) is 0 Å². The summed E-state index contributed by atoms with van der Waals surface area (Å²) in [5.41, 5.74) is 17.8. The molecule has 49 heavy (non-hydrogen) atoms. The van der Waals surface area contributed by atoms with E-state index in [4.69, 9.17) is 20.1 Å². The molecule has 0 spiro atoms. The van der Waals surface area contributed by atoms with Crippen LogP contribution in [0.25, 0.3) is 55.3 Å². The molecule has 1 aromatic heterocycles. The van der Waals surface area contributed by atoms with Crippen LogP contribution in [0.2, 0.25) is 0 Å². The SMILES string of the molecule is NC(=NC(=NCc1cccc(-c2ccccc2)c1)c1cccc(-c2ccccc2)c1)c1cccc2c1oc1c(-c3ccccc3)cccc12. The molecule has 2 N–H and O–H groups in total. The highest BCUT2D eigenvalue weighted by Crippen LogP contribution is 2.37. The zero-order valence-electron chi connectivity index (χ0n) is 26.8. The molecule has 1 heterocycles. The third-order valence-electron chi connectivity index (χ3n) is 8.78. The Labute approximate surface area is 285 Å². The summed E-state index contributed by atoms with van der Waals surface area (Å²) in [6, 6.07) is 60.1. The zero-order chi connectivity index (χ0) is 33.0. The van der Waals surface area contributed by atoms with Crippen molar-refractivity contribution >= 4 is 33.6 Å². The van der Waals surface area contributed by atoms with Gasteiger partial charge in [-0.25, -0.2) is 4.99 Å². The second-order valence-electron chi connectivity index (χ2n) is 12.0. The maximum atomic E-state index is 6.90. The summed E-state index contributed by atoms with van der Waals surface area (Å²) in [6.07, 6.45) is 0. The Balaban J connectivity index is 1.23. The minimum atomic E-state index is 0.341. The highest BCUT2D eigenvalue weighted by Gasteiger charge is 2.17. The summed E-state index contributed by atoms with van der Waals surface area (Å²) in [7, 11) is 0. The predicted octanol–water partition coefficient (Wildman–Crippen LogP) is 10.9. The quantitative estimate of drug-likeness (QED) is 0.140.